The molecular formula is C40H79NO4. The van der Waals surface area contributed by atoms with Gasteiger partial charge in [0.25, 0.3) is 0 Å². The molecule has 3 atom stereocenters. The standard InChI is InChI=1S/C40H79NO4/c1-3-5-7-9-11-13-15-17-18-19-20-21-22-23-25-26-28-30-32-34-38(43)37(36-42)41-40(45)39(44)35-33-31-29-27-24-16-14-12-10-8-6-4-2/h24,27,37-39,42-44H,3-23,25-26,28-36H2,1-2H3,(H,41,45)/b27-24-. The van der Waals surface area contributed by atoms with E-state index in [0.29, 0.717) is 12.8 Å². The second kappa shape index (κ2) is 35.9. The van der Waals surface area contributed by atoms with E-state index in [1.54, 1.807) is 0 Å². The molecule has 0 aliphatic heterocycles. The predicted molar refractivity (Wildman–Crippen MR) is 195 cm³/mol. The molecule has 0 fully saturated rings. The maximum absolute atomic E-state index is 12.4. The van der Waals surface area contributed by atoms with Crippen molar-refractivity contribution in [2.24, 2.45) is 0 Å². The summed E-state index contributed by atoms with van der Waals surface area (Å²) in [6.45, 7) is 4.21. The fourth-order valence-corrected chi connectivity index (χ4v) is 6.18. The SMILES string of the molecule is CCCCCCCC/C=C\CCCCC(O)C(=O)NC(CO)C(O)CCCCCCCCCCCCCCCCCCCCC. The molecule has 0 aromatic carbocycles. The number of aliphatic hydroxyl groups excluding tert-OH is 3. The maximum atomic E-state index is 12.4. The number of amides is 1. The number of nitrogens with one attached hydrogen (secondary N) is 1. The monoisotopic (exact) mass is 638 g/mol. The number of hydrogen-bond donors (Lipinski definition) is 4. The third kappa shape index (κ3) is 31.5. The Bertz CT molecular complexity index is 625. The number of aliphatic hydroxyl groups is 3. The van der Waals surface area contributed by atoms with Crippen LogP contribution in [0, 0.1) is 0 Å². The third-order valence-electron chi connectivity index (χ3n) is 9.38. The Morgan fingerprint density at radius 1 is 0.511 bits per heavy atom. The van der Waals surface area contributed by atoms with Crippen LogP contribution >= 0.6 is 0 Å². The zero-order chi connectivity index (χ0) is 33.1. The van der Waals surface area contributed by atoms with Crippen LogP contribution in [0.1, 0.15) is 213 Å². The van der Waals surface area contributed by atoms with Gasteiger partial charge in [0.05, 0.1) is 18.8 Å². The van der Waals surface area contributed by atoms with Crippen LogP contribution in [0.5, 0.6) is 0 Å². The number of unbranched alkanes of at least 4 members (excludes halogenated alkanes) is 26. The van der Waals surface area contributed by atoms with Crippen molar-refractivity contribution in [3.05, 3.63) is 12.2 Å². The summed E-state index contributed by atoms with van der Waals surface area (Å²) >= 11 is 0. The van der Waals surface area contributed by atoms with Gasteiger partial charge in [-0.05, 0) is 38.5 Å². The lowest BCUT2D eigenvalue weighted by atomic mass is 10.0. The van der Waals surface area contributed by atoms with E-state index in [1.807, 2.05) is 0 Å². The van der Waals surface area contributed by atoms with Crippen LogP contribution in [-0.2, 0) is 4.79 Å². The van der Waals surface area contributed by atoms with Crippen molar-refractivity contribution in [2.75, 3.05) is 6.61 Å². The summed E-state index contributed by atoms with van der Waals surface area (Å²) in [6, 6.07) is -0.715. The lowest BCUT2D eigenvalue weighted by Crippen LogP contribution is -2.49. The molecule has 0 aliphatic carbocycles. The molecule has 5 nitrogen and oxygen atoms in total. The first-order valence-corrected chi connectivity index (χ1v) is 20.0. The van der Waals surface area contributed by atoms with Gasteiger partial charge in [-0.2, -0.15) is 0 Å². The summed E-state index contributed by atoms with van der Waals surface area (Å²) in [4.78, 5) is 12.4. The summed E-state index contributed by atoms with van der Waals surface area (Å²) in [6.07, 6.45) is 40.6. The Morgan fingerprint density at radius 2 is 0.844 bits per heavy atom. The van der Waals surface area contributed by atoms with Crippen molar-refractivity contribution >= 4 is 5.91 Å². The van der Waals surface area contributed by atoms with E-state index < -0.39 is 24.2 Å². The molecule has 0 aromatic rings. The second-order valence-corrected chi connectivity index (χ2v) is 13.8. The van der Waals surface area contributed by atoms with E-state index in [0.717, 1.165) is 38.5 Å². The number of carbonyl (C=O) groups excluding carboxylic acids is 1. The molecule has 0 aromatic heterocycles. The van der Waals surface area contributed by atoms with E-state index in [1.165, 1.54) is 148 Å². The van der Waals surface area contributed by atoms with Gasteiger partial charge < -0.3 is 20.6 Å². The largest absolute Gasteiger partial charge is 0.394 e. The van der Waals surface area contributed by atoms with Crippen molar-refractivity contribution in [2.45, 2.75) is 231 Å². The Hall–Kier alpha value is -0.910. The van der Waals surface area contributed by atoms with Gasteiger partial charge >= 0.3 is 0 Å². The summed E-state index contributed by atoms with van der Waals surface area (Å²) < 4.78 is 0. The molecule has 0 spiro atoms. The van der Waals surface area contributed by atoms with E-state index in [4.69, 9.17) is 0 Å². The number of hydrogen-bond acceptors (Lipinski definition) is 4. The van der Waals surface area contributed by atoms with Crippen LogP contribution < -0.4 is 5.32 Å². The van der Waals surface area contributed by atoms with E-state index >= 15 is 0 Å². The molecule has 0 rings (SSSR count). The minimum Gasteiger partial charge on any atom is -0.394 e. The average Bonchev–Trinajstić information content (AvgIpc) is 3.04. The van der Waals surface area contributed by atoms with Gasteiger partial charge in [-0.1, -0.05) is 187 Å². The molecule has 3 unspecified atom stereocenters. The van der Waals surface area contributed by atoms with Crippen LogP contribution in [0.4, 0.5) is 0 Å². The molecule has 0 heterocycles. The summed E-state index contributed by atoms with van der Waals surface area (Å²) in [5.41, 5.74) is 0. The highest BCUT2D eigenvalue weighted by molar-refractivity contribution is 5.80. The predicted octanol–water partition coefficient (Wildman–Crippen LogP) is 10.9. The molecule has 0 radical (unpaired) electrons. The van der Waals surface area contributed by atoms with Crippen LogP contribution in [-0.4, -0.2) is 46.1 Å². The topological polar surface area (TPSA) is 89.8 Å². The first-order valence-electron chi connectivity index (χ1n) is 20.0. The third-order valence-corrected chi connectivity index (χ3v) is 9.38. The Balaban J connectivity index is 3.64. The van der Waals surface area contributed by atoms with E-state index in [-0.39, 0.29) is 6.61 Å². The smallest absolute Gasteiger partial charge is 0.249 e. The molecule has 5 heteroatoms. The van der Waals surface area contributed by atoms with Crippen LogP contribution in [0.2, 0.25) is 0 Å². The van der Waals surface area contributed by atoms with Gasteiger partial charge in [0.15, 0.2) is 0 Å². The van der Waals surface area contributed by atoms with Gasteiger partial charge in [0.2, 0.25) is 5.91 Å². The lowest BCUT2D eigenvalue weighted by Gasteiger charge is -2.23. The molecule has 0 saturated carbocycles. The molecule has 1 amide bonds. The highest BCUT2D eigenvalue weighted by Crippen LogP contribution is 2.16. The number of allylic oxidation sites excluding steroid dienone is 2. The first-order chi connectivity index (χ1) is 22.1. The Kier molecular flexibility index (Phi) is 35.2. The number of carbonyl (C=O) groups is 1. The van der Waals surface area contributed by atoms with Crippen LogP contribution in [0.25, 0.3) is 0 Å². The highest BCUT2D eigenvalue weighted by Gasteiger charge is 2.23. The molecular weight excluding hydrogens is 558 g/mol. The summed E-state index contributed by atoms with van der Waals surface area (Å²) in [5, 5.41) is 33.1. The van der Waals surface area contributed by atoms with Gasteiger partial charge in [0.1, 0.15) is 6.10 Å². The van der Waals surface area contributed by atoms with Crippen LogP contribution in [0.15, 0.2) is 12.2 Å². The van der Waals surface area contributed by atoms with Crippen molar-refractivity contribution < 1.29 is 20.1 Å². The molecule has 0 bridgehead atoms. The lowest BCUT2D eigenvalue weighted by molar-refractivity contribution is -0.131. The minimum atomic E-state index is -1.09. The van der Waals surface area contributed by atoms with Crippen molar-refractivity contribution in [3.8, 4) is 0 Å². The molecule has 0 aliphatic rings. The van der Waals surface area contributed by atoms with Gasteiger partial charge in [-0.15, -0.1) is 0 Å². The molecule has 45 heavy (non-hydrogen) atoms. The van der Waals surface area contributed by atoms with Crippen molar-refractivity contribution in [1.29, 1.82) is 0 Å². The quantitative estimate of drug-likeness (QED) is 0.0406. The molecule has 268 valence electrons. The number of rotatable bonds is 36. The van der Waals surface area contributed by atoms with E-state index in [9.17, 15) is 20.1 Å². The Morgan fingerprint density at radius 3 is 1.24 bits per heavy atom. The molecule has 0 saturated heterocycles. The van der Waals surface area contributed by atoms with Crippen molar-refractivity contribution in [1.82, 2.24) is 5.32 Å². The van der Waals surface area contributed by atoms with Crippen molar-refractivity contribution in [3.63, 3.8) is 0 Å². The highest BCUT2D eigenvalue weighted by atomic mass is 16.3. The zero-order valence-electron chi connectivity index (χ0n) is 30.3. The second-order valence-electron chi connectivity index (χ2n) is 13.8. The maximum Gasteiger partial charge on any atom is 0.249 e. The Labute approximate surface area is 280 Å². The molecule has 4 N–H and O–H groups in total. The first kappa shape index (κ1) is 44.1. The van der Waals surface area contributed by atoms with Gasteiger partial charge in [-0.3, -0.25) is 4.79 Å². The van der Waals surface area contributed by atoms with E-state index in [2.05, 4.69) is 31.3 Å². The summed E-state index contributed by atoms with van der Waals surface area (Å²) in [7, 11) is 0. The van der Waals surface area contributed by atoms with Gasteiger partial charge in [-0.25, -0.2) is 0 Å². The van der Waals surface area contributed by atoms with Crippen LogP contribution in [0.3, 0.4) is 0 Å². The fraction of sp³-hybridized carbons (Fsp3) is 0.925. The zero-order valence-corrected chi connectivity index (χ0v) is 30.3. The average molecular weight is 638 g/mol. The normalized spacial score (nSPS) is 13.8. The van der Waals surface area contributed by atoms with Gasteiger partial charge in [0, 0.05) is 0 Å². The minimum absolute atomic E-state index is 0.317. The fourth-order valence-electron chi connectivity index (χ4n) is 6.18. The summed E-state index contributed by atoms with van der Waals surface area (Å²) in [5.74, 6) is -0.486.